The first-order chi connectivity index (χ1) is 10.1. The van der Waals surface area contributed by atoms with Crippen molar-refractivity contribution in [1.29, 1.82) is 0 Å². The smallest absolute Gasteiger partial charge is 0.252 e. The highest BCUT2D eigenvalue weighted by atomic mass is 32.2. The van der Waals surface area contributed by atoms with E-state index in [0.29, 0.717) is 29.6 Å². The summed E-state index contributed by atoms with van der Waals surface area (Å²) in [6.45, 7) is 2.65. The summed E-state index contributed by atoms with van der Waals surface area (Å²) in [5.74, 6) is 0.431. The van der Waals surface area contributed by atoms with Gasteiger partial charge in [0.1, 0.15) is 10.3 Å². The Bertz CT molecular complexity index is 699. The van der Waals surface area contributed by atoms with E-state index in [4.69, 9.17) is 4.74 Å². The molecule has 0 spiro atoms. The van der Waals surface area contributed by atoms with Crippen molar-refractivity contribution in [2.75, 3.05) is 13.1 Å². The van der Waals surface area contributed by atoms with Crippen LogP contribution in [0.15, 0.2) is 33.9 Å². The summed E-state index contributed by atoms with van der Waals surface area (Å²) in [4.78, 5) is 0. The third kappa shape index (κ3) is 3.07. The Kier molecular flexibility index (Phi) is 3.92. The molecule has 2 aromatic rings. The number of nitrogens with zero attached hydrogens (tertiary/aromatic N) is 3. The van der Waals surface area contributed by atoms with Crippen LogP contribution in [-0.4, -0.2) is 42.1 Å². The largest absolute Gasteiger partial charge is 0.472 e. The Morgan fingerprint density at radius 2 is 2.19 bits per heavy atom. The average molecular weight is 325 g/mol. The average Bonchev–Trinajstić information content (AvgIpc) is 3.12. The summed E-state index contributed by atoms with van der Waals surface area (Å²) in [5.41, 5.74) is 0.815. The fourth-order valence-electron chi connectivity index (χ4n) is 2.17. The first-order valence-electron chi connectivity index (χ1n) is 6.56. The lowest BCUT2D eigenvalue weighted by Gasteiger charge is -2.15. The number of hydrogen-bond acceptors (Lipinski definition) is 6. The van der Waals surface area contributed by atoms with Crippen LogP contribution in [0.2, 0.25) is 0 Å². The zero-order chi connectivity index (χ0) is 14.9. The summed E-state index contributed by atoms with van der Waals surface area (Å²) in [7, 11) is -3.39. The number of sulfonamides is 1. The molecular weight excluding hydrogens is 310 g/mol. The standard InChI is InChI=1S/C13H15N3O3S2/c1-10-4-5-12(15-14-10)19-11-6-7-16(9-11)21(17,18)13-3-2-8-20-13/h2-5,8,11H,6-7,9H2,1H3. The van der Waals surface area contributed by atoms with Crippen molar-refractivity contribution >= 4 is 21.4 Å². The Labute approximate surface area is 127 Å². The van der Waals surface area contributed by atoms with Gasteiger partial charge in [-0.05, 0) is 30.9 Å². The highest BCUT2D eigenvalue weighted by Gasteiger charge is 2.34. The molecule has 0 saturated carbocycles. The van der Waals surface area contributed by atoms with Crippen molar-refractivity contribution in [3.8, 4) is 5.88 Å². The molecule has 21 heavy (non-hydrogen) atoms. The van der Waals surface area contributed by atoms with Crippen LogP contribution >= 0.6 is 11.3 Å². The molecule has 1 unspecified atom stereocenters. The molecule has 112 valence electrons. The van der Waals surface area contributed by atoms with Gasteiger partial charge in [-0.3, -0.25) is 0 Å². The third-order valence-corrected chi connectivity index (χ3v) is 6.50. The lowest BCUT2D eigenvalue weighted by Crippen LogP contribution is -2.30. The van der Waals surface area contributed by atoms with Gasteiger partial charge in [0.15, 0.2) is 0 Å². The molecule has 1 fully saturated rings. The van der Waals surface area contributed by atoms with Crippen molar-refractivity contribution in [1.82, 2.24) is 14.5 Å². The molecule has 0 aliphatic carbocycles. The Morgan fingerprint density at radius 3 is 2.86 bits per heavy atom. The van der Waals surface area contributed by atoms with Gasteiger partial charge in [0.25, 0.3) is 10.0 Å². The van der Waals surface area contributed by atoms with Gasteiger partial charge < -0.3 is 4.74 Å². The number of rotatable bonds is 4. The highest BCUT2D eigenvalue weighted by molar-refractivity contribution is 7.91. The molecule has 0 bridgehead atoms. The topological polar surface area (TPSA) is 72.4 Å². The minimum absolute atomic E-state index is 0.184. The Hall–Kier alpha value is -1.51. The van der Waals surface area contributed by atoms with E-state index in [1.807, 2.05) is 13.0 Å². The zero-order valence-electron chi connectivity index (χ0n) is 11.5. The molecule has 2 aromatic heterocycles. The second-order valence-corrected chi connectivity index (χ2v) is 7.95. The van der Waals surface area contributed by atoms with Crippen molar-refractivity contribution < 1.29 is 13.2 Å². The SMILES string of the molecule is Cc1ccc(OC2CCN(S(=O)(=O)c3cccs3)C2)nn1. The van der Waals surface area contributed by atoms with Gasteiger partial charge in [0, 0.05) is 12.6 Å². The van der Waals surface area contributed by atoms with E-state index in [1.54, 1.807) is 23.6 Å². The van der Waals surface area contributed by atoms with Gasteiger partial charge in [-0.25, -0.2) is 8.42 Å². The van der Waals surface area contributed by atoms with E-state index in [1.165, 1.54) is 15.6 Å². The monoisotopic (exact) mass is 325 g/mol. The van der Waals surface area contributed by atoms with Gasteiger partial charge in [-0.1, -0.05) is 6.07 Å². The normalized spacial score (nSPS) is 19.8. The molecule has 1 atom stereocenters. The lowest BCUT2D eigenvalue weighted by atomic mass is 10.3. The quantitative estimate of drug-likeness (QED) is 0.855. The summed E-state index contributed by atoms with van der Waals surface area (Å²) >= 11 is 1.23. The number of thiophene rings is 1. The van der Waals surface area contributed by atoms with Crippen LogP contribution in [-0.2, 0) is 10.0 Å². The van der Waals surface area contributed by atoms with Crippen LogP contribution in [0, 0.1) is 6.92 Å². The zero-order valence-corrected chi connectivity index (χ0v) is 13.1. The molecular formula is C13H15N3O3S2. The van der Waals surface area contributed by atoms with Gasteiger partial charge in [-0.2, -0.15) is 9.40 Å². The van der Waals surface area contributed by atoms with E-state index in [9.17, 15) is 8.42 Å². The molecule has 1 aliphatic rings. The van der Waals surface area contributed by atoms with E-state index >= 15 is 0 Å². The number of aromatic nitrogens is 2. The second-order valence-electron chi connectivity index (χ2n) is 4.84. The second kappa shape index (κ2) is 5.70. The van der Waals surface area contributed by atoms with Gasteiger partial charge in [0.05, 0.1) is 12.2 Å². The van der Waals surface area contributed by atoms with Crippen LogP contribution in [0.3, 0.4) is 0 Å². The maximum Gasteiger partial charge on any atom is 0.252 e. The molecule has 0 amide bonds. The van der Waals surface area contributed by atoms with Crippen LogP contribution in [0.1, 0.15) is 12.1 Å². The molecule has 1 aliphatic heterocycles. The van der Waals surface area contributed by atoms with Crippen molar-refractivity contribution in [3.63, 3.8) is 0 Å². The molecule has 0 N–H and O–H groups in total. The van der Waals surface area contributed by atoms with Crippen molar-refractivity contribution in [2.45, 2.75) is 23.7 Å². The highest BCUT2D eigenvalue weighted by Crippen LogP contribution is 2.25. The van der Waals surface area contributed by atoms with Gasteiger partial charge >= 0.3 is 0 Å². The fraction of sp³-hybridized carbons (Fsp3) is 0.385. The molecule has 6 nitrogen and oxygen atoms in total. The molecule has 3 heterocycles. The predicted octanol–water partition coefficient (Wildman–Crippen LogP) is 1.69. The fourth-order valence-corrected chi connectivity index (χ4v) is 4.80. The van der Waals surface area contributed by atoms with E-state index < -0.39 is 10.0 Å². The summed E-state index contributed by atoms with van der Waals surface area (Å²) < 4.78 is 32.3. The predicted molar refractivity (Wildman–Crippen MR) is 78.9 cm³/mol. The first kappa shape index (κ1) is 14.4. The summed E-state index contributed by atoms with van der Waals surface area (Å²) in [5, 5.41) is 9.63. The number of ether oxygens (including phenoxy) is 1. The summed E-state index contributed by atoms with van der Waals surface area (Å²) in [6, 6.07) is 6.93. The minimum atomic E-state index is -3.39. The number of hydrogen-bond donors (Lipinski definition) is 0. The molecule has 0 radical (unpaired) electrons. The summed E-state index contributed by atoms with van der Waals surface area (Å²) in [6.07, 6.45) is 0.469. The third-order valence-electron chi connectivity index (χ3n) is 3.26. The van der Waals surface area contributed by atoms with Gasteiger partial charge in [0.2, 0.25) is 5.88 Å². The molecule has 1 saturated heterocycles. The number of aryl methyl sites for hydroxylation is 1. The van der Waals surface area contributed by atoms with Crippen molar-refractivity contribution in [2.24, 2.45) is 0 Å². The molecule has 8 heteroatoms. The maximum atomic E-state index is 12.4. The molecule has 3 rings (SSSR count). The van der Waals surface area contributed by atoms with Crippen LogP contribution in [0.25, 0.3) is 0 Å². The Balaban J connectivity index is 1.67. The van der Waals surface area contributed by atoms with Crippen molar-refractivity contribution in [3.05, 3.63) is 35.3 Å². The van der Waals surface area contributed by atoms with E-state index in [-0.39, 0.29) is 6.10 Å². The van der Waals surface area contributed by atoms with E-state index in [0.717, 1.165) is 5.69 Å². The maximum absolute atomic E-state index is 12.4. The Morgan fingerprint density at radius 1 is 1.33 bits per heavy atom. The van der Waals surface area contributed by atoms with E-state index in [2.05, 4.69) is 10.2 Å². The van der Waals surface area contributed by atoms with Crippen LogP contribution in [0.5, 0.6) is 5.88 Å². The first-order valence-corrected chi connectivity index (χ1v) is 8.88. The lowest BCUT2D eigenvalue weighted by molar-refractivity contribution is 0.204. The molecule has 0 aromatic carbocycles. The van der Waals surface area contributed by atoms with Gasteiger partial charge in [-0.15, -0.1) is 16.4 Å². The minimum Gasteiger partial charge on any atom is -0.472 e. The van der Waals surface area contributed by atoms with Crippen LogP contribution < -0.4 is 4.74 Å². The van der Waals surface area contributed by atoms with Crippen LogP contribution in [0.4, 0.5) is 0 Å².